The first-order chi connectivity index (χ1) is 8.49. The van der Waals surface area contributed by atoms with Crippen LogP contribution >= 0.6 is 0 Å². The minimum absolute atomic E-state index is 0.0404. The molecule has 0 saturated heterocycles. The van der Waals surface area contributed by atoms with E-state index < -0.39 is 11.7 Å². The van der Waals surface area contributed by atoms with Crippen molar-refractivity contribution < 1.29 is 20.1 Å². The van der Waals surface area contributed by atoms with Gasteiger partial charge in [0.05, 0.1) is 6.54 Å². The van der Waals surface area contributed by atoms with E-state index in [1.807, 2.05) is 19.1 Å². The summed E-state index contributed by atoms with van der Waals surface area (Å²) in [6.07, 6.45) is -0.466. The molecular weight excluding hydrogens is 234 g/mol. The molecule has 1 aromatic carbocycles. The van der Waals surface area contributed by atoms with Gasteiger partial charge in [0.25, 0.3) is 0 Å². The number of hydrogen-bond acceptors (Lipinski definition) is 3. The molecule has 0 aliphatic heterocycles. The molecule has 1 aromatic rings. The van der Waals surface area contributed by atoms with Gasteiger partial charge in [-0.2, -0.15) is 0 Å². The van der Waals surface area contributed by atoms with Crippen LogP contribution in [-0.4, -0.2) is 34.6 Å². The Morgan fingerprint density at radius 1 is 1.39 bits per heavy atom. The average molecular weight is 253 g/mol. The number of rotatable bonds is 6. The van der Waals surface area contributed by atoms with E-state index in [-0.39, 0.29) is 13.2 Å². The number of hydrogen-bond donors (Lipinski definition) is 4. The van der Waals surface area contributed by atoms with Crippen molar-refractivity contribution in [2.24, 2.45) is 0 Å². The third-order valence-corrected chi connectivity index (χ3v) is 2.93. The summed E-state index contributed by atoms with van der Waals surface area (Å²) in [6.45, 7) is 1.73. The van der Waals surface area contributed by atoms with Gasteiger partial charge in [-0.1, -0.05) is 24.3 Å². The van der Waals surface area contributed by atoms with Gasteiger partial charge in [0.15, 0.2) is 0 Å². The van der Waals surface area contributed by atoms with E-state index in [4.69, 9.17) is 10.2 Å². The van der Waals surface area contributed by atoms with Crippen molar-refractivity contribution in [3.05, 3.63) is 35.4 Å². The second-order valence-corrected chi connectivity index (χ2v) is 4.33. The SMILES string of the molecule is Cc1ccccc1C(O)(CCCO)CNC(=O)O. The van der Waals surface area contributed by atoms with Gasteiger partial charge in [-0.05, 0) is 30.9 Å². The molecule has 1 atom stereocenters. The number of amides is 1. The molecule has 0 radical (unpaired) electrons. The van der Waals surface area contributed by atoms with E-state index in [9.17, 15) is 9.90 Å². The lowest BCUT2D eigenvalue weighted by molar-refractivity contribution is 0.0213. The molecule has 0 aliphatic rings. The van der Waals surface area contributed by atoms with Crippen LogP contribution < -0.4 is 5.32 Å². The normalized spacial score (nSPS) is 13.9. The zero-order chi connectivity index (χ0) is 13.6. The van der Waals surface area contributed by atoms with Crippen molar-refractivity contribution >= 4 is 6.09 Å². The van der Waals surface area contributed by atoms with Crippen LogP contribution in [0.5, 0.6) is 0 Å². The highest BCUT2D eigenvalue weighted by Crippen LogP contribution is 2.28. The van der Waals surface area contributed by atoms with Crippen LogP contribution in [-0.2, 0) is 5.60 Å². The molecule has 5 heteroatoms. The molecule has 0 aliphatic carbocycles. The number of aliphatic hydroxyl groups excluding tert-OH is 1. The number of carboxylic acid groups (broad SMARTS) is 1. The lowest BCUT2D eigenvalue weighted by Crippen LogP contribution is -2.41. The first kappa shape index (κ1) is 14.5. The number of carbonyl (C=O) groups is 1. The van der Waals surface area contributed by atoms with Gasteiger partial charge >= 0.3 is 6.09 Å². The van der Waals surface area contributed by atoms with E-state index in [0.29, 0.717) is 18.4 Å². The van der Waals surface area contributed by atoms with E-state index in [1.54, 1.807) is 12.1 Å². The fourth-order valence-corrected chi connectivity index (χ4v) is 2.01. The first-order valence-electron chi connectivity index (χ1n) is 5.86. The Bertz CT molecular complexity index is 408. The molecule has 0 fully saturated rings. The summed E-state index contributed by atoms with van der Waals surface area (Å²) < 4.78 is 0. The summed E-state index contributed by atoms with van der Waals surface area (Å²) in [5.41, 5.74) is 0.296. The van der Waals surface area contributed by atoms with Crippen LogP contribution in [0, 0.1) is 6.92 Å². The molecule has 1 unspecified atom stereocenters. The molecule has 0 spiro atoms. The largest absolute Gasteiger partial charge is 0.465 e. The molecule has 0 aromatic heterocycles. The zero-order valence-electron chi connectivity index (χ0n) is 10.4. The van der Waals surface area contributed by atoms with E-state index in [2.05, 4.69) is 5.32 Å². The van der Waals surface area contributed by atoms with Gasteiger partial charge in [0.1, 0.15) is 5.60 Å². The molecule has 100 valence electrons. The van der Waals surface area contributed by atoms with Crippen molar-refractivity contribution in [2.75, 3.05) is 13.2 Å². The second kappa shape index (κ2) is 6.37. The number of aliphatic hydroxyl groups is 2. The Morgan fingerprint density at radius 2 is 2.06 bits per heavy atom. The van der Waals surface area contributed by atoms with Gasteiger partial charge < -0.3 is 20.6 Å². The molecule has 0 heterocycles. The highest BCUT2D eigenvalue weighted by atomic mass is 16.4. The quantitative estimate of drug-likeness (QED) is 0.613. The Kier molecular flexibility index (Phi) is 5.12. The summed E-state index contributed by atoms with van der Waals surface area (Å²) in [7, 11) is 0. The van der Waals surface area contributed by atoms with Gasteiger partial charge in [-0.15, -0.1) is 0 Å². The van der Waals surface area contributed by atoms with Crippen LogP contribution in [0.4, 0.5) is 4.79 Å². The standard InChI is InChI=1S/C13H19NO4/c1-10-5-2-3-6-11(10)13(18,7-4-8-15)9-14-12(16)17/h2-3,5-6,14-15,18H,4,7-9H2,1H3,(H,16,17). The molecular formula is C13H19NO4. The molecule has 0 bridgehead atoms. The summed E-state index contributed by atoms with van der Waals surface area (Å²) in [5, 5.41) is 30.3. The molecule has 1 rings (SSSR count). The summed E-state index contributed by atoms with van der Waals surface area (Å²) in [6, 6.07) is 7.29. The predicted octanol–water partition coefficient (Wildman–Crippen LogP) is 1.22. The van der Waals surface area contributed by atoms with E-state index in [0.717, 1.165) is 5.56 Å². The molecule has 18 heavy (non-hydrogen) atoms. The lowest BCUT2D eigenvalue weighted by atomic mass is 9.86. The monoisotopic (exact) mass is 253 g/mol. The van der Waals surface area contributed by atoms with Crippen molar-refractivity contribution in [2.45, 2.75) is 25.4 Å². The van der Waals surface area contributed by atoms with Crippen molar-refractivity contribution in [3.8, 4) is 0 Å². The predicted molar refractivity (Wildman–Crippen MR) is 67.4 cm³/mol. The Hall–Kier alpha value is -1.59. The van der Waals surface area contributed by atoms with Crippen molar-refractivity contribution in [1.29, 1.82) is 0 Å². The van der Waals surface area contributed by atoms with Crippen molar-refractivity contribution in [1.82, 2.24) is 5.32 Å². The number of aryl methyl sites for hydroxylation is 1. The van der Waals surface area contributed by atoms with Crippen LogP contribution in [0.1, 0.15) is 24.0 Å². The van der Waals surface area contributed by atoms with Gasteiger partial charge in [-0.3, -0.25) is 0 Å². The Labute approximate surface area is 106 Å². The summed E-state index contributed by atoms with van der Waals surface area (Å²) >= 11 is 0. The minimum Gasteiger partial charge on any atom is -0.465 e. The summed E-state index contributed by atoms with van der Waals surface area (Å²) in [5.74, 6) is 0. The van der Waals surface area contributed by atoms with E-state index >= 15 is 0 Å². The Morgan fingerprint density at radius 3 is 2.61 bits per heavy atom. The highest BCUT2D eigenvalue weighted by molar-refractivity contribution is 5.64. The lowest BCUT2D eigenvalue weighted by Gasteiger charge is -2.30. The van der Waals surface area contributed by atoms with E-state index in [1.165, 1.54) is 0 Å². The molecule has 1 amide bonds. The molecule has 4 N–H and O–H groups in total. The maximum absolute atomic E-state index is 10.6. The fraction of sp³-hybridized carbons (Fsp3) is 0.462. The van der Waals surface area contributed by atoms with Gasteiger partial charge in [0.2, 0.25) is 0 Å². The fourth-order valence-electron chi connectivity index (χ4n) is 2.01. The molecule has 5 nitrogen and oxygen atoms in total. The first-order valence-corrected chi connectivity index (χ1v) is 5.86. The summed E-state index contributed by atoms with van der Waals surface area (Å²) in [4.78, 5) is 10.6. The third kappa shape index (κ3) is 3.72. The second-order valence-electron chi connectivity index (χ2n) is 4.33. The minimum atomic E-state index is -1.29. The number of nitrogens with one attached hydrogen (secondary N) is 1. The van der Waals surface area contributed by atoms with Crippen LogP contribution in [0.2, 0.25) is 0 Å². The van der Waals surface area contributed by atoms with Gasteiger partial charge in [0, 0.05) is 6.61 Å². The van der Waals surface area contributed by atoms with Crippen LogP contribution in [0.3, 0.4) is 0 Å². The maximum Gasteiger partial charge on any atom is 0.404 e. The third-order valence-electron chi connectivity index (χ3n) is 2.93. The molecule has 0 saturated carbocycles. The number of benzene rings is 1. The highest BCUT2D eigenvalue weighted by Gasteiger charge is 2.30. The van der Waals surface area contributed by atoms with Crippen molar-refractivity contribution in [3.63, 3.8) is 0 Å². The maximum atomic E-state index is 10.6. The van der Waals surface area contributed by atoms with Crippen LogP contribution in [0.25, 0.3) is 0 Å². The Balaban J connectivity index is 2.95. The van der Waals surface area contributed by atoms with Gasteiger partial charge in [-0.25, -0.2) is 4.79 Å². The smallest absolute Gasteiger partial charge is 0.404 e. The topological polar surface area (TPSA) is 89.8 Å². The average Bonchev–Trinajstić information content (AvgIpc) is 2.34. The zero-order valence-corrected chi connectivity index (χ0v) is 10.4. The van der Waals surface area contributed by atoms with Crippen LogP contribution in [0.15, 0.2) is 24.3 Å².